The molecule has 0 saturated heterocycles. The van der Waals surface area contributed by atoms with Crippen LogP contribution in [0, 0.1) is 5.92 Å². The predicted molar refractivity (Wildman–Crippen MR) is 73.4 cm³/mol. The van der Waals surface area contributed by atoms with Crippen LogP contribution in [-0.4, -0.2) is 19.7 Å². The highest BCUT2D eigenvalue weighted by atomic mass is 32.2. The summed E-state index contributed by atoms with van der Waals surface area (Å²) in [6.45, 7) is 1.93. The fraction of sp³-hybridized carbons (Fsp3) is 0.571. The molecule has 0 radical (unpaired) electrons. The Morgan fingerprint density at radius 3 is 2.52 bits per heavy atom. The smallest absolute Gasteiger partial charge is 0.327 e. The van der Waals surface area contributed by atoms with Gasteiger partial charge in [-0.15, -0.1) is 0 Å². The molecule has 21 heavy (non-hydrogen) atoms. The molecule has 0 spiro atoms. The van der Waals surface area contributed by atoms with Crippen molar-refractivity contribution >= 4 is 9.84 Å². The van der Waals surface area contributed by atoms with Crippen molar-refractivity contribution in [3.63, 3.8) is 0 Å². The number of hydrogen-bond acceptors (Lipinski definition) is 3. The monoisotopic (exact) mass is 321 g/mol. The summed E-state index contributed by atoms with van der Waals surface area (Å²) in [5, 5.41) is -0.815. The SMILES string of the molecule is CC1CCC(N)C(S(=O)(=O)c2cccc(C(F)(F)F)c2)C1. The second kappa shape index (κ2) is 5.61. The van der Waals surface area contributed by atoms with Gasteiger partial charge in [0, 0.05) is 6.04 Å². The Morgan fingerprint density at radius 2 is 1.90 bits per heavy atom. The van der Waals surface area contributed by atoms with Crippen molar-refractivity contribution in [2.24, 2.45) is 11.7 Å². The molecule has 3 unspecified atom stereocenters. The standard InChI is InChI=1S/C14H18F3NO2S/c1-9-5-6-12(18)13(7-9)21(19,20)11-4-2-3-10(8-11)14(15,16)17/h2-4,8-9,12-13H,5-7,18H2,1H3. The van der Waals surface area contributed by atoms with Crippen LogP contribution in [0.15, 0.2) is 29.2 Å². The van der Waals surface area contributed by atoms with E-state index in [-0.39, 0.29) is 10.8 Å². The largest absolute Gasteiger partial charge is 0.416 e. The molecule has 0 aromatic heterocycles. The van der Waals surface area contributed by atoms with Crippen LogP contribution in [0.25, 0.3) is 0 Å². The first-order valence-corrected chi connectivity index (χ1v) is 8.33. The summed E-state index contributed by atoms with van der Waals surface area (Å²) >= 11 is 0. The van der Waals surface area contributed by atoms with Gasteiger partial charge in [0.1, 0.15) is 0 Å². The van der Waals surface area contributed by atoms with E-state index in [0.29, 0.717) is 18.9 Å². The van der Waals surface area contributed by atoms with E-state index in [1.807, 2.05) is 6.92 Å². The summed E-state index contributed by atoms with van der Waals surface area (Å²) in [5.41, 5.74) is 4.93. The number of nitrogens with two attached hydrogens (primary N) is 1. The van der Waals surface area contributed by atoms with Crippen LogP contribution in [0.3, 0.4) is 0 Å². The predicted octanol–water partition coefficient (Wildman–Crippen LogP) is 3.00. The first-order valence-electron chi connectivity index (χ1n) is 6.79. The van der Waals surface area contributed by atoms with Gasteiger partial charge in [0.2, 0.25) is 0 Å². The first kappa shape index (κ1) is 16.3. The molecular formula is C14H18F3NO2S. The van der Waals surface area contributed by atoms with Crippen molar-refractivity contribution in [3.05, 3.63) is 29.8 Å². The normalized spacial score (nSPS) is 27.6. The molecule has 1 saturated carbocycles. The summed E-state index contributed by atoms with van der Waals surface area (Å²) in [7, 11) is -3.85. The molecule has 3 nitrogen and oxygen atoms in total. The molecule has 1 aromatic carbocycles. The minimum Gasteiger partial charge on any atom is -0.327 e. The third kappa shape index (κ3) is 3.40. The average molecular weight is 321 g/mol. The fourth-order valence-electron chi connectivity index (χ4n) is 2.73. The molecule has 2 N–H and O–H groups in total. The van der Waals surface area contributed by atoms with Crippen molar-refractivity contribution in [1.29, 1.82) is 0 Å². The summed E-state index contributed by atoms with van der Waals surface area (Å²) in [6, 6.07) is 3.36. The molecule has 7 heteroatoms. The van der Waals surface area contributed by atoms with E-state index < -0.39 is 32.9 Å². The molecular weight excluding hydrogens is 303 g/mol. The maximum atomic E-state index is 12.7. The zero-order chi connectivity index (χ0) is 15.8. The molecule has 1 aliphatic carbocycles. The zero-order valence-corrected chi connectivity index (χ0v) is 12.4. The first-order chi connectivity index (χ1) is 9.62. The Hall–Kier alpha value is -1.08. The molecule has 0 bridgehead atoms. The van der Waals surface area contributed by atoms with Crippen LogP contribution in [-0.2, 0) is 16.0 Å². The van der Waals surface area contributed by atoms with E-state index >= 15 is 0 Å². The van der Waals surface area contributed by atoms with Gasteiger partial charge in [0.15, 0.2) is 9.84 Å². The summed E-state index contributed by atoms with van der Waals surface area (Å²) < 4.78 is 63.3. The van der Waals surface area contributed by atoms with Crippen LogP contribution in [0.2, 0.25) is 0 Å². The van der Waals surface area contributed by atoms with E-state index in [1.54, 1.807) is 0 Å². The van der Waals surface area contributed by atoms with Gasteiger partial charge in [-0.3, -0.25) is 0 Å². The number of rotatable bonds is 2. The van der Waals surface area contributed by atoms with Gasteiger partial charge < -0.3 is 5.73 Å². The van der Waals surface area contributed by atoms with Crippen LogP contribution < -0.4 is 5.73 Å². The molecule has 1 aliphatic rings. The quantitative estimate of drug-likeness (QED) is 0.911. The number of halogens is 3. The average Bonchev–Trinajstić information content (AvgIpc) is 2.40. The van der Waals surface area contributed by atoms with Gasteiger partial charge in [0.05, 0.1) is 15.7 Å². The van der Waals surface area contributed by atoms with E-state index in [9.17, 15) is 21.6 Å². The molecule has 1 fully saturated rings. The lowest BCUT2D eigenvalue weighted by atomic mass is 9.87. The molecule has 118 valence electrons. The molecule has 1 aromatic rings. The van der Waals surface area contributed by atoms with Crippen molar-refractivity contribution in [2.75, 3.05) is 0 Å². The third-order valence-electron chi connectivity index (χ3n) is 3.99. The van der Waals surface area contributed by atoms with Gasteiger partial charge in [0.25, 0.3) is 0 Å². The number of alkyl halides is 3. The van der Waals surface area contributed by atoms with Gasteiger partial charge >= 0.3 is 6.18 Å². The lowest BCUT2D eigenvalue weighted by Crippen LogP contribution is -2.44. The minimum absolute atomic E-state index is 0.204. The van der Waals surface area contributed by atoms with Gasteiger partial charge in [-0.05, 0) is 43.4 Å². The maximum absolute atomic E-state index is 12.7. The van der Waals surface area contributed by atoms with Crippen LogP contribution in [0.1, 0.15) is 31.7 Å². The van der Waals surface area contributed by atoms with Crippen molar-refractivity contribution < 1.29 is 21.6 Å². The Kier molecular flexibility index (Phi) is 4.35. The highest BCUT2D eigenvalue weighted by Gasteiger charge is 2.38. The van der Waals surface area contributed by atoms with E-state index in [0.717, 1.165) is 18.6 Å². The minimum atomic E-state index is -4.56. The van der Waals surface area contributed by atoms with Crippen LogP contribution in [0.4, 0.5) is 13.2 Å². The number of sulfone groups is 1. The molecule has 0 amide bonds. The summed E-state index contributed by atoms with van der Waals surface area (Å²) in [6.07, 6.45) is -2.76. The Balaban J connectivity index is 2.40. The molecule has 2 rings (SSSR count). The Bertz CT molecular complexity index is 613. The van der Waals surface area contributed by atoms with Gasteiger partial charge in [-0.25, -0.2) is 8.42 Å². The third-order valence-corrected chi connectivity index (χ3v) is 6.24. The lowest BCUT2D eigenvalue weighted by molar-refractivity contribution is -0.137. The number of benzene rings is 1. The van der Waals surface area contributed by atoms with Crippen LogP contribution in [0.5, 0.6) is 0 Å². The highest BCUT2D eigenvalue weighted by molar-refractivity contribution is 7.92. The molecule has 3 atom stereocenters. The highest BCUT2D eigenvalue weighted by Crippen LogP contribution is 2.34. The topological polar surface area (TPSA) is 60.2 Å². The Labute approximate surface area is 122 Å². The van der Waals surface area contributed by atoms with E-state index in [2.05, 4.69) is 0 Å². The Morgan fingerprint density at radius 1 is 1.24 bits per heavy atom. The maximum Gasteiger partial charge on any atom is 0.416 e. The van der Waals surface area contributed by atoms with Gasteiger partial charge in [-0.1, -0.05) is 13.0 Å². The molecule has 0 heterocycles. The van der Waals surface area contributed by atoms with Gasteiger partial charge in [-0.2, -0.15) is 13.2 Å². The summed E-state index contributed by atoms with van der Waals surface area (Å²) in [4.78, 5) is -0.299. The second-order valence-corrected chi connectivity index (χ2v) is 7.86. The zero-order valence-electron chi connectivity index (χ0n) is 11.6. The van der Waals surface area contributed by atoms with Crippen molar-refractivity contribution in [2.45, 2.75) is 48.5 Å². The van der Waals surface area contributed by atoms with E-state index in [1.165, 1.54) is 6.07 Å². The fourth-order valence-corrected chi connectivity index (χ4v) is 4.82. The van der Waals surface area contributed by atoms with Crippen molar-refractivity contribution in [1.82, 2.24) is 0 Å². The second-order valence-electron chi connectivity index (χ2n) is 5.69. The molecule has 0 aliphatic heterocycles. The van der Waals surface area contributed by atoms with Crippen molar-refractivity contribution in [3.8, 4) is 0 Å². The summed E-state index contributed by atoms with van der Waals surface area (Å²) in [5.74, 6) is 0.204. The number of hydrogen-bond donors (Lipinski definition) is 1. The lowest BCUT2D eigenvalue weighted by Gasteiger charge is -2.32. The van der Waals surface area contributed by atoms with Crippen LogP contribution >= 0.6 is 0 Å². The van der Waals surface area contributed by atoms with E-state index in [4.69, 9.17) is 5.73 Å².